The van der Waals surface area contributed by atoms with Crippen LogP contribution in [0.25, 0.3) is 27.9 Å². The van der Waals surface area contributed by atoms with Crippen LogP contribution in [0.1, 0.15) is 69.0 Å². The Morgan fingerprint density at radius 3 is 2.76 bits per heavy atom. The predicted octanol–water partition coefficient (Wildman–Crippen LogP) is 5.71. The van der Waals surface area contributed by atoms with Gasteiger partial charge in [-0.2, -0.15) is 5.10 Å². The summed E-state index contributed by atoms with van der Waals surface area (Å²) in [5.41, 5.74) is 7.49. The van der Waals surface area contributed by atoms with Crippen molar-refractivity contribution >= 4 is 16.7 Å². The lowest BCUT2D eigenvalue weighted by Crippen LogP contribution is -2.27. The van der Waals surface area contributed by atoms with Gasteiger partial charge >= 0.3 is 0 Å². The summed E-state index contributed by atoms with van der Waals surface area (Å²) in [5, 5.41) is 4.34. The van der Waals surface area contributed by atoms with E-state index in [-0.39, 0.29) is 0 Å². The van der Waals surface area contributed by atoms with Gasteiger partial charge in [-0.1, -0.05) is 13.8 Å². The molecule has 1 N–H and O–H groups in total. The average Bonchev–Trinajstić information content (AvgIpc) is 3.45. The smallest absolute Gasteiger partial charge is 0.197 e. The van der Waals surface area contributed by atoms with Crippen molar-refractivity contribution in [1.29, 1.82) is 0 Å². The molecule has 2 fully saturated rings. The summed E-state index contributed by atoms with van der Waals surface area (Å²) in [4.78, 5) is 13.2. The molecule has 1 saturated carbocycles. The molecule has 178 valence electrons. The van der Waals surface area contributed by atoms with E-state index in [4.69, 9.17) is 14.5 Å². The molecule has 4 aromatic rings. The number of rotatable bonds is 6. The van der Waals surface area contributed by atoms with Gasteiger partial charge in [0.05, 0.1) is 23.8 Å². The molecule has 2 aliphatic rings. The highest BCUT2D eigenvalue weighted by atomic mass is 16.5. The number of nitrogens with one attached hydrogen (secondary N) is 1. The topological polar surface area (TPSA) is 77.3 Å². The molecule has 0 spiro atoms. The van der Waals surface area contributed by atoms with E-state index in [0.29, 0.717) is 23.2 Å². The fourth-order valence-corrected chi connectivity index (χ4v) is 5.92. The minimum absolute atomic E-state index is 0.326. The monoisotopic (exact) mass is 459 g/mol. The van der Waals surface area contributed by atoms with E-state index in [1.165, 1.54) is 43.4 Å². The Morgan fingerprint density at radius 1 is 1.18 bits per heavy atom. The fourth-order valence-electron chi connectivity index (χ4n) is 5.92. The van der Waals surface area contributed by atoms with E-state index >= 15 is 0 Å². The van der Waals surface area contributed by atoms with Crippen LogP contribution in [0.15, 0.2) is 30.7 Å². The SMILES string of the molecule is COc1cc(-c2[nH]c3ccc(C4CC(CC5CCOCC5)C4)nc3c2C(C)C)cn2ncnc12. The van der Waals surface area contributed by atoms with Crippen LogP contribution >= 0.6 is 0 Å². The first-order chi connectivity index (χ1) is 16.6. The Morgan fingerprint density at radius 2 is 2.00 bits per heavy atom. The number of methoxy groups -OCH3 is 1. The van der Waals surface area contributed by atoms with Crippen molar-refractivity contribution in [2.24, 2.45) is 11.8 Å². The maximum Gasteiger partial charge on any atom is 0.197 e. The molecule has 0 amide bonds. The van der Waals surface area contributed by atoms with Crippen LogP contribution in [0, 0.1) is 11.8 Å². The maximum atomic E-state index is 5.60. The zero-order chi connectivity index (χ0) is 23.2. The molecule has 34 heavy (non-hydrogen) atoms. The lowest BCUT2D eigenvalue weighted by Gasteiger charge is -2.38. The summed E-state index contributed by atoms with van der Waals surface area (Å²) in [6, 6.07) is 6.47. The van der Waals surface area contributed by atoms with Gasteiger partial charge in [0.2, 0.25) is 0 Å². The standard InChI is InChI=1S/C27H33N5O2/c1-16(2)24-25(20-13-23(33-3)27-28-15-29-32(27)14-20)31-22-5-4-21(30-26(22)24)19-11-18(12-19)10-17-6-8-34-9-7-17/h4-5,13-19,31H,6-12H2,1-3H3. The van der Waals surface area contributed by atoms with Crippen molar-refractivity contribution in [3.63, 3.8) is 0 Å². The molecule has 0 atom stereocenters. The van der Waals surface area contributed by atoms with E-state index in [1.54, 1.807) is 18.0 Å². The van der Waals surface area contributed by atoms with Crippen molar-refractivity contribution in [1.82, 2.24) is 24.6 Å². The van der Waals surface area contributed by atoms with Gasteiger partial charge in [0, 0.05) is 42.1 Å². The van der Waals surface area contributed by atoms with Crippen LogP contribution < -0.4 is 4.74 Å². The van der Waals surface area contributed by atoms with Crippen molar-refractivity contribution in [2.45, 2.75) is 57.8 Å². The molecule has 1 saturated heterocycles. The predicted molar refractivity (Wildman–Crippen MR) is 132 cm³/mol. The number of hydrogen-bond acceptors (Lipinski definition) is 5. The van der Waals surface area contributed by atoms with E-state index in [0.717, 1.165) is 47.3 Å². The highest BCUT2D eigenvalue weighted by Crippen LogP contribution is 2.46. The first-order valence-electron chi connectivity index (χ1n) is 12.6. The number of nitrogens with zero attached hydrogens (tertiary/aromatic N) is 4. The third kappa shape index (κ3) is 3.76. The van der Waals surface area contributed by atoms with Crippen LogP contribution in [-0.4, -0.2) is 44.9 Å². The second kappa shape index (κ2) is 8.69. The first-order valence-corrected chi connectivity index (χ1v) is 12.6. The number of ether oxygens (including phenoxy) is 2. The summed E-state index contributed by atoms with van der Waals surface area (Å²) in [6.07, 6.45) is 9.93. The van der Waals surface area contributed by atoms with Gasteiger partial charge in [-0.25, -0.2) is 9.50 Å². The van der Waals surface area contributed by atoms with Gasteiger partial charge < -0.3 is 14.5 Å². The number of H-pyrrole nitrogens is 1. The zero-order valence-corrected chi connectivity index (χ0v) is 20.3. The zero-order valence-electron chi connectivity index (χ0n) is 20.3. The molecule has 7 heteroatoms. The molecule has 6 rings (SSSR count). The van der Waals surface area contributed by atoms with Crippen LogP contribution in [0.4, 0.5) is 0 Å². The fraction of sp³-hybridized carbons (Fsp3) is 0.519. The highest BCUT2D eigenvalue weighted by molar-refractivity contribution is 5.89. The second-order valence-corrected chi connectivity index (χ2v) is 10.4. The maximum absolute atomic E-state index is 5.60. The van der Waals surface area contributed by atoms with Crippen LogP contribution in [-0.2, 0) is 4.74 Å². The van der Waals surface area contributed by atoms with Crippen molar-refractivity contribution < 1.29 is 9.47 Å². The molecule has 5 heterocycles. The normalized spacial score (nSPS) is 21.4. The van der Waals surface area contributed by atoms with E-state index in [1.807, 2.05) is 12.3 Å². The van der Waals surface area contributed by atoms with Gasteiger partial charge in [0.25, 0.3) is 0 Å². The van der Waals surface area contributed by atoms with Gasteiger partial charge in [0.1, 0.15) is 6.33 Å². The first kappa shape index (κ1) is 21.6. The minimum Gasteiger partial charge on any atom is -0.493 e. The highest BCUT2D eigenvalue weighted by Gasteiger charge is 2.33. The summed E-state index contributed by atoms with van der Waals surface area (Å²) < 4.78 is 12.9. The summed E-state index contributed by atoms with van der Waals surface area (Å²) in [5.74, 6) is 3.32. The number of aromatic nitrogens is 5. The number of fused-ring (bicyclic) bond motifs is 2. The largest absolute Gasteiger partial charge is 0.493 e. The minimum atomic E-state index is 0.326. The van der Waals surface area contributed by atoms with Crippen LogP contribution in [0.5, 0.6) is 5.75 Å². The molecule has 0 unspecified atom stereocenters. The molecule has 1 aliphatic carbocycles. The average molecular weight is 460 g/mol. The Bertz CT molecular complexity index is 1310. The van der Waals surface area contributed by atoms with Gasteiger partial charge in [-0.15, -0.1) is 0 Å². The molecule has 0 aromatic carbocycles. The van der Waals surface area contributed by atoms with Crippen LogP contribution in [0.2, 0.25) is 0 Å². The van der Waals surface area contributed by atoms with Crippen molar-refractivity contribution in [3.05, 3.63) is 42.0 Å². The quantitative estimate of drug-likeness (QED) is 0.399. The van der Waals surface area contributed by atoms with Gasteiger partial charge in [0.15, 0.2) is 11.4 Å². The molecule has 0 radical (unpaired) electrons. The molecule has 4 aromatic heterocycles. The van der Waals surface area contributed by atoms with Gasteiger partial charge in [-0.05, 0) is 68.1 Å². The lowest BCUT2D eigenvalue weighted by molar-refractivity contribution is 0.0509. The summed E-state index contributed by atoms with van der Waals surface area (Å²) >= 11 is 0. The Labute approximate surface area is 199 Å². The van der Waals surface area contributed by atoms with E-state index in [2.05, 4.69) is 41.0 Å². The van der Waals surface area contributed by atoms with Crippen molar-refractivity contribution in [3.8, 4) is 17.0 Å². The lowest BCUT2D eigenvalue weighted by atomic mass is 9.69. The van der Waals surface area contributed by atoms with Crippen molar-refractivity contribution in [2.75, 3.05) is 20.3 Å². The molecule has 0 bridgehead atoms. The summed E-state index contributed by atoms with van der Waals surface area (Å²) in [7, 11) is 1.67. The Hall–Kier alpha value is -2.93. The third-order valence-electron chi connectivity index (χ3n) is 7.79. The Balaban J connectivity index is 1.30. The summed E-state index contributed by atoms with van der Waals surface area (Å²) in [6.45, 7) is 6.36. The Kier molecular flexibility index (Phi) is 5.52. The van der Waals surface area contributed by atoms with E-state index < -0.39 is 0 Å². The van der Waals surface area contributed by atoms with Gasteiger partial charge in [-0.3, -0.25) is 4.98 Å². The van der Waals surface area contributed by atoms with Crippen LogP contribution in [0.3, 0.4) is 0 Å². The number of pyridine rings is 2. The number of hydrogen-bond donors (Lipinski definition) is 1. The molecule has 7 nitrogen and oxygen atoms in total. The molecule has 1 aliphatic heterocycles. The molecular formula is C27H33N5O2. The second-order valence-electron chi connectivity index (χ2n) is 10.4. The molecular weight excluding hydrogens is 426 g/mol. The van der Waals surface area contributed by atoms with E-state index in [9.17, 15) is 0 Å². The number of aromatic amines is 1. The third-order valence-corrected chi connectivity index (χ3v) is 7.79.